The highest BCUT2D eigenvalue weighted by molar-refractivity contribution is 7.92. The average Bonchev–Trinajstić information content (AvgIpc) is 2.89. The summed E-state index contributed by atoms with van der Waals surface area (Å²) in [5.74, 6) is 0.969. The molecule has 0 unspecified atom stereocenters. The van der Waals surface area contributed by atoms with E-state index in [2.05, 4.69) is 20.2 Å². The Labute approximate surface area is 213 Å². The van der Waals surface area contributed by atoms with Gasteiger partial charge in [-0.2, -0.15) is 0 Å². The number of sulfonamides is 1. The van der Waals surface area contributed by atoms with Gasteiger partial charge in [-0.1, -0.05) is 35.9 Å². The van der Waals surface area contributed by atoms with E-state index in [4.69, 9.17) is 21.1 Å². The minimum atomic E-state index is -3.89. The van der Waals surface area contributed by atoms with E-state index in [1.807, 2.05) is 24.3 Å². The number of benzene rings is 3. The summed E-state index contributed by atoms with van der Waals surface area (Å²) >= 11 is 5.66. The van der Waals surface area contributed by atoms with Crippen molar-refractivity contribution < 1.29 is 22.7 Å². The van der Waals surface area contributed by atoms with Crippen LogP contribution in [-0.4, -0.2) is 31.6 Å². The van der Waals surface area contributed by atoms with Crippen LogP contribution in [0.5, 0.6) is 11.5 Å². The van der Waals surface area contributed by atoms with Crippen LogP contribution in [0.4, 0.5) is 11.5 Å². The fraction of sp³-hybridized carbons (Fsp3) is 0.0800. The zero-order chi connectivity index (χ0) is 25.5. The van der Waals surface area contributed by atoms with E-state index in [9.17, 15) is 13.2 Å². The average molecular weight is 525 g/mol. The molecule has 0 fully saturated rings. The standard InChI is InChI=1S/C25H21ClN4O5S/c1-34-21-4-2-3-5-22(21)35-16-17-6-8-18(9-7-17)25(31)27-19-10-12-20(13-11-19)36(32,33)30-24-15-14-23(26)28-29-24/h2-15H,16H2,1H3,(H,27,31)(H,29,30). The summed E-state index contributed by atoms with van der Waals surface area (Å²) in [5.41, 5.74) is 1.76. The van der Waals surface area contributed by atoms with Crippen LogP contribution < -0.4 is 19.5 Å². The molecule has 2 N–H and O–H groups in total. The van der Waals surface area contributed by atoms with Crippen molar-refractivity contribution in [3.63, 3.8) is 0 Å². The molecule has 1 heterocycles. The second-order valence-electron chi connectivity index (χ2n) is 7.46. The SMILES string of the molecule is COc1ccccc1OCc1ccc(C(=O)Nc2ccc(S(=O)(=O)Nc3ccc(Cl)nn3)cc2)cc1. The maximum atomic E-state index is 12.6. The lowest BCUT2D eigenvalue weighted by atomic mass is 10.1. The third-order valence-corrected chi connectivity index (χ3v) is 6.55. The summed E-state index contributed by atoms with van der Waals surface area (Å²) in [6.07, 6.45) is 0. The van der Waals surface area contributed by atoms with Crippen LogP contribution in [0.1, 0.15) is 15.9 Å². The molecular formula is C25H21ClN4O5S. The van der Waals surface area contributed by atoms with Crippen molar-refractivity contribution in [2.75, 3.05) is 17.1 Å². The maximum absolute atomic E-state index is 12.6. The monoisotopic (exact) mass is 524 g/mol. The van der Waals surface area contributed by atoms with E-state index in [0.717, 1.165) is 5.56 Å². The van der Waals surface area contributed by atoms with Gasteiger partial charge in [-0.05, 0) is 66.2 Å². The van der Waals surface area contributed by atoms with Gasteiger partial charge in [0, 0.05) is 11.3 Å². The number of amides is 1. The summed E-state index contributed by atoms with van der Waals surface area (Å²) in [4.78, 5) is 12.6. The number of hydrogen-bond acceptors (Lipinski definition) is 7. The van der Waals surface area contributed by atoms with Crippen molar-refractivity contribution in [1.82, 2.24) is 10.2 Å². The second-order valence-corrected chi connectivity index (χ2v) is 9.53. The van der Waals surface area contributed by atoms with Gasteiger partial charge in [-0.15, -0.1) is 10.2 Å². The molecular weight excluding hydrogens is 504 g/mol. The molecule has 0 radical (unpaired) electrons. The molecule has 1 amide bonds. The minimum Gasteiger partial charge on any atom is -0.493 e. The molecule has 184 valence electrons. The lowest BCUT2D eigenvalue weighted by molar-refractivity contribution is 0.102. The highest BCUT2D eigenvalue weighted by Gasteiger charge is 2.16. The molecule has 0 aliphatic heterocycles. The molecule has 9 nitrogen and oxygen atoms in total. The lowest BCUT2D eigenvalue weighted by Crippen LogP contribution is -2.15. The molecule has 3 aromatic carbocycles. The van der Waals surface area contributed by atoms with E-state index in [0.29, 0.717) is 29.4 Å². The molecule has 0 bridgehead atoms. The topological polar surface area (TPSA) is 120 Å². The summed E-state index contributed by atoms with van der Waals surface area (Å²) < 4.78 is 38.5. The van der Waals surface area contributed by atoms with Crippen molar-refractivity contribution in [1.29, 1.82) is 0 Å². The molecule has 11 heteroatoms. The highest BCUT2D eigenvalue weighted by Crippen LogP contribution is 2.26. The van der Waals surface area contributed by atoms with E-state index in [-0.39, 0.29) is 21.8 Å². The van der Waals surface area contributed by atoms with Gasteiger partial charge in [0.1, 0.15) is 6.61 Å². The van der Waals surface area contributed by atoms with Crippen molar-refractivity contribution in [3.05, 3.63) is 101 Å². The molecule has 4 aromatic rings. The first kappa shape index (κ1) is 25.0. The predicted octanol–water partition coefficient (Wildman–Crippen LogP) is 4.77. The third-order valence-electron chi connectivity index (χ3n) is 4.97. The number of carbonyl (C=O) groups is 1. The van der Waals surface area contributed by atoms with Crippen molar-refractivity contribution >= 4 is 39.0 Å². The van der Waals surface area contributed by atoms with Crippen molar-refractivity contribution in [2.45, 2.75) is 11.5 Å². The molecule has 1 aromatic heterocycles. The Balaban J connectivity index is 1.35. The van der Waals surface area contributed by atoms with Crippen molar-refractivity contribution in [3.8, 4) is 11.5 Å². The largest absolute Gasteiger partial charge is 0.493 e. The molecule has 0 spiro atoms. The summed E-state index contributed by atoms with van der Waals surface area (Å²) in [6, 6.07) is 22.9. The number of anilines is 2. The zero-order valence-corrected chi connectivity index (χ0v) is 20.6. The summed E-state index contributed by atoms with van der Waals surface area (Å²) in [5, 5.41) is 10.2. The maximum Gasteiger partial charge on any atom is 0.263 e. The Hall–Kier alpha value is -4.15. The molecule has 36 heavy (non-hydrogen) atoms. The number of halogens is 1. The Morgan fingerprint density at radius 2 is 1.58 bits per heavy atom. The fourth-order valence-electron chi connectivity index (χ4n) is 3.14. The Morgan fingerprint density at radius 1 is 0.889 bits per heavy atom. The first-order valence-electron chi connectivity index (χ1n) is 10.6. The number of nitrogens with zero attached hydrogens (tertiary/aromatic N) is 2. The lowest BCUT2D eigenvalue weighted by Gasteiger charge is -2.11. The first-order chi connectivity index (χ1) is 17.3. The first-order valence-corrected chi connectivity index (χ1v) is 12.5. The van der Waals surface area contributed by atoms with Crippen LogP contribution in [-0.2, 0) is 16.6 Å². The van der Waals surface area contributed by atoms with Crippen molar-refractivity contribution in [2.24, 2.45) is 0 Å². The van der Waals surface area contributed by atoms with Gasteiger partial charge in [-0.3, -0.25) is 9.52 Å². The van der Waals surface area contributed by atoms with Crippen LogP contribution in [0.15, 0.2) is 89.8 Å². The van der Waals surface area contributed by atoms with E-state index in [1.54, 1.807) is 31.4 Å². The molecule has 0 saturated carbocycles. The van der Waals surface area contributed by atoms with Crippen LogP contribution in [0.2, 0.25) is 5.15 Å². The number of nitrogens with one attached hydrogen (secondary N) is 2. The van der Waals surface area contributed by atoms with E-state index >= 15 is 0 Å². The van der Waals surface area contributed by atoms with Crippen LogP contribution in [0.3, 0.4) is 0 Å². The van der Waals surface area contributed by atoms with Gasteiger partial charge in [0.05, 0.1) is 12.0 Å². The molecule has 0 saturated heterocycles. The van der Waals surface area contributed by atoms with E-state index in [1.165, 1.54) is 36.4 Å². The number of methoxy groups -OCH3 is 1. The minimum absolute atomic E-state index is 0.00310. The molecule has 0 aliphatic carbocycles. The Kier molecular flexibility index (Phi) is 7.67. The Bertz CT molecular complexity index is 1450. The van der Waals surface area contributed by atoms with Crippen LogP contribution in [0.25, 0.3) is 0 Å². The third kappa shape index (κ3) is 6.29. The smallest absolute Gasteiger partial charge is 0.263 e. The van der Waals surface area contributed by atoms with Gasteiger partial charge in [0.15, 0.2) is 22.5 Å². The highest BCUT2D eigenvalue weighted by atomic mass is 35.5. The number of rotatable bonds is 9. The number of carbonyl (C=O) groups excluding carboxylic acids is 1. The predicted molar refractivity (Wildman–Crippen MR) is 136 cm³/mol. The quantitative estimate of drug-likeness (QED) is 0.323. The van der Waals surface area contributed by atoms with Gasteiger partial charge < -0.3 is 14.8 Å². The van der Waals surface area contributed by atoms with Gasteiger partial charge in [0.2, 0.25) is 0 Å². The van der Waals surface area contributed by atoms with Gasteiger partial charge in [-0.25, -0.2) is 8.42 Å². The molecule has 0 aliphatic rings. The van der Waals surface area contributed by atoms with Crippen LogP contribution in [0, 0.1) is 0 Å². The number of hydrogen-bond donors (Lipinski definition) is 2. The summed E-state index contributed by atoms with van der Waals surface area (Å²) in [6.45, 7) is 0.313. The second kappa shape index (κ2) is 11.1. The summed E-state index contributed by atoms with van der Waals surface area (Å²) in [7, 11) is -2.31. The zero-order valence-electron chi connectivity index (χ0n) is 19.0. The molecule has 0 atom stereocenters. The number of ether oxygens (including phenoxy) is 2. The Morgan fingerprint density at radius 3 is 2.22 bits per heavy atom. The van der Waals surface area contributed by atoms with E-state index < -0.39 is 10.0 Å². The van der Waals surface area contributed by atoms with Gasteiger partial charge >= 0.3 is 0 Å². The molecule has 4 rings (SSSR count). The fourth-order valence-corrected chi connectivity index (χ4v) is 4.24. The van der Waals surface area contributed by atoms with Crippen LogP contribution >= 0.6 is 11.6 Å². The van der Waals surface area contributed by atoms with Gasteiger partial charge in [0.25, 0.3) is 15.9 Å². The number of aromatic nitrogens is 2. The normalized spacial score (nSPS) is 10.9. The number of para-hydroxylation sites is 2.